The Morgan fingerprint density at radius 1 is 1.40 bits per heavy atom. The first-order valence-electron chi connectivity index (χ1n) is 8.46. The van der Waals surface area contributed by atoms with Gasteiger partial charge in [0.1, 0.15) is 17.9 Å². The van der Waals surface area contributed by atoms with Crippen LogP contribution in [0.3, 0.4) is 0 Å². The quantitative estimate of drug-likeness (QED) is 0.775. The number of imide groups is 1. The molecule has 2 aliphatic heterocycles. The van der Waals surface area contributed by atoms with E-state index in [-0.39, 0.29) is 24.4 Å². The Kier molecular flexibility index (Phi) is 4.61. The Hall–Kier alpha value is -2.64. The van der Waals surface area contributed by atoms with Gasteiger partial charge in [-0.15, -0.1) is 0 Å². The maximum atomic E-state index is 12.3. The molecule has 2 fully saturated rings. The largest absolute Gasteiger partial charge is 0.355 e. The molecule has 2 aliphatic rings. The number of nitrogens with zero attached hydrogens (tertiary/aromatic N) is 3. The second-order valence-corrected chi connectivity index (χ2v) is 6.99. The Labute approximate surface area is 146 Å². The van der Waals surface area contributed by atoms with Gasteiger partial charge in [-0.05, 0) is 38.8 Å². The third-order valence-electron chi connectivity index (χ3n) is 4.51. The highest BCUT2D eigenvalue weighted by atomic mass is 16.2. The zero-order valence-corrected chi connectivity index (χ0v) is 14.5. The number of anilines is 1. The van der Waals surface area contributed by atoms with Gasteiger partial charge in [0.2, 0.25) is 5.91 Å². The van der Waals surface area contributed by atoms with E-state index in [2.05, 4.69) is 20.5 Å². The highest BCUT2D eigenvalue weighted by molar-refractivity contribution is 6.08. The molecule has 8 nitrogen and oxygen atoms in total. The third-order valence-corrected chi connectivity index (χ3v) is 4.51. The summed E-state index contributed by atoms with van der Waals surface area (Å²) in [6.07, 6.45) is 3.55. The smallest absolute Gasteiger partial charge is 0.325 e. The van der Waals surface area contributed by atoms with Crippen molar-refractivity contribution in [3.63, 3.8) is 0 Å². The normalized spacial score (nSPS) is 22.7. The van der Waals surface area contributed by atoms with Crippen molar-refractivity contribution < 1.29 is 14.4 Å². The number of carbonyl (C=O) groups excluding carboxylic acids is 3. The van der Waals surface area contributed by atoms with Gasteiger partial charge in [-0.2, -0.15) is 0 Å². The standard InChI is InChI=1S/C17H23N5O3/c1-17(2)15(24)22(16(25)20-17)11-14(23)19-12-6-5-9-21(10-12)13-7-3-4-8-18-13/h3-4,7-8,12H,5-6,9-11H2,1-2H3,(H,19,23)(H,20,25). The summed E-state index contributed by atoms with van der Waals surface area (Å²) in [7, 11) is 0. The number of piperidine rings is 1. The fraction of sp³-hybridized carbons (Fsp3) is 0.529. The maximum absolute atomic E-state index is 12.3. The van der Waals surface area contributed by atoms with Crippen molar-refractivity contribution in [2.45, 2.75) is 38.3 Å². The lowest BCUT2D eigenvalue weighted by atomic mass is 10.1. The van der Waals surface area contributed by atoms with Gasteiger partial charge in [-0.1, -0.05) is 6.07 Å². The van der Waals surface area contributed by atoms with E-state index in [9.17, 15) is 14.4 Å². The van der Waals surface area contributed by atoms with E-state index < -0.39 is 11.6 Å². The first-order chi connectivity index (χ1) is 11.9. The minimum Gasteiger partial charge on any atom is -0.355 e. The molecule has 1 aromatic rings. The Morgan fingerprint density at radius 2 is 2.20 bits per heavy atom. The molecule has 0 aromatic carbocycles. The number of pyridine rings is 1. The average Bonchev–Trinajstić information content (AvgIpc) is 2.78. The second-order valence-electron chi connectivity index (χ2n) is 6.99. The minimum absolute atomic E-state index is 0.0305. The predicted molar refractivity (Wildman–Crippen MR) is 91.9 cm³/mol. The van der Waals surface area contributed by atoms with Crippen LogP contribution in [0.2, 0.25) is 0 Å². The molecule has 25 heavy (non-hydrogen) atoms. The Morgan fingerprint density at radius 3 is 2.84 bits per heavy atom. The van der Waals surface area contributed by atoms with Gasteiger partial charge in [0.15, 0.2) is 0 Å². The number of urea groups is 1. The molecule has 1 atom stereocenters. The molecular formula is C17H23N5O3. The van der Waals surface area contributed by atoms with Crippen molar-refractivity contribution >= 4 is 23.7 Å². The minimum atomic E-state index is -0.960. The molecular weight excluding hydrogens is 322 g/mol. The Balaban J connectivity index is 1.56. The number of amides is 4. The molecule has 134 valence electrons. The fourth-order valence-electron chi connectivity index (χ4n) is 3.22. The van der Waals surface area contributed by atoms with E-state index in [1.54, 1.807) is 20.0 Å². The molecule has 0 aliphatic carbocycles. The topological polar surface area (TPSA) is 94.6 Å². The maximum Gasteiger partial charge on any atom is 0.325 e. The molecule has 1 unspecified atom stereocenters. The van der Waals surface area contributed by atoms with Gasteiger partial charge < -0.3 is 15.5 Å². The van der Waals surface area contributed by atoms with E-state index in [1.165, 1.54) is 0 Å². The number of rotatable bonds is 4. The summed E-state index contributed by atoms with van der Waals surface area (Å²) in [6.45, 7) is 4.54. The number of carbonyl (C=O) groups is 3. The van der Waals surface area contributed by atoms with Crippen LogP contribution < -0.4 is 15.5 Å². The summed E-state index contributed by atoms with van der Waals surface area (Å²) in [6, 6.07) is 5.19. The van der Waals surface area contributed by atoms with E-state index >= 15 is 0 Å². The van der Waals surface area contributed by atoms with E-state index in [4.69, 9.17) is 0 Å². The molecule has 8 heteroatoms. The van der Waals surface area contributed by atoms with Gasteiger partial charge in [0.25, 0.3) is 5.91 Å². The summed E-state index contributed by atoms with van der Waals surface area (Å²) in [5.41, 5.74) is -0.960. The van der Waals surface area contributed by atoms with Crippen molar-refractivity contribution in [3.8, 4) is 0 Å². The fourth-order valence-corrected chi connectivity index (χ4v) is 3.22. The predicted octanol–water partition coefficient (Wildman–Crippen LogP) is 0.497. The van der Waals surface area contributed by atoms with Gasteiger partial charge in [-0.25, -0.2) is 9.78 Å². The highest BCUT2D eigenvalue weighted by Gasteiger charge is 2.45. The number of hydrogen-bond donors (Lipinski definition) is 2. The highest BCUT2D eigenvalue weighted by Crippen LogP contribution is 2.18. The summed E-state index contributed by atoms with van der Waals surface area (Å²) in [4.78, 5) is 43.7. The first kappa shape index (κ1) is 17.2. The summed E-state index contributed by atoms with van der Waals surface area (Å²) < 4.78 is 0. The molecule has 0 spiro atoms. The molecule has 0 saturated carbocycles. The number of aromatic nitrogens is 1. The lowest BCUT2D eigenvalue weighted by molar-refractivity contribution is -0.134. The van der Waals surface area contributed by atoms with Gasteiger partial charge in [-0.3, -0.25) is 14.5 Å². The van der Waals surface area contributed by atoms with Crippen LogP contribution in [0.5, 0.6) is 0 Å². The zero-order valence-electron chi connectivity index (χ0n) is 14.5. The van der Waals surface area contributed by atoms with E-state index in [1.807, 2.05) is 18.2 Å². The van der Waals surface area contributed by atoms with Gasteiger partial charge in [0.05, 0.1) is 0 Å². The van der Waals surface area contributed by atoms with E-state index in [0.717, 1.165) is 30.1 Å². The SMILES string of the molecule is CC1(C)NC(=O)N(CC(=O)NC2CCCN(c3ccccn3)C2)C1=O. The zero-order chi connectivity index (χ0) is 18.0. The lowest BCUT2D eigenvalue weighted by Gasteiger charge is -2.34. The molecule has 3 rings (SSSR count). The molecule has 2 saturated heterocycles. The van der Waals surface area contributed by atoms with Crippen molar-refractivity contribution in [1.29, 1.82) is 0 Å². The summed E-state index contributed by atoms with van der Waals surface area (Å²) in [5.74, 6) is 0.178. The summed E-state index contributed by atoms with van der Waals surface area (Å²) >= 11 is 0. The van der Waals surface area contributed by atoms with Crippen LogP contribution >= 0.6 is 0 Å². The molecule has 2 N–H and O–H groups in total. The van der Waals surface area contributed by atoms with E-state index in [0.29, 0.717) is 6.54 Å². The molecule has 1 aromatic heterocycles. The molecule has 0 bridgehead atoms. The second kappa shape index (κ2) is 6.70. The van der Waals surface area contributed by atoms with Gasteiger partial charge in [0, 0.05) is 25.3 Å². The van der Waals surface area contributed by atoms with Crippen LogP contribution in [0.25, 0.3) is 0 Å². The van der Waals surface area contributed by atoms with Crippen LogP contribution in [0.1, 0.15) is 26.7 Å². The Bertz CT molecular complexity index is 676. The third kappa shape index (κ3) is 3.72. The van der Waals surface area contributed by atoms with Gasteiger partial charge >= 0.3 is 6.03 Å². The van der Waals surface area contributed by atoms with Crippen LogP contribution in [-0.4, -0.2) is 58.9 Å². The summed E-state index contributed by atoms with van der Waals surface area (Å²) in [5, 5.41) is 5.50. The first-order valence-corrected chi connectivity index (χ1v) is 8.46. The van der Waals surface area contributed by atoms with Crippen LogP contribution in [0, 0.1) is 0 Å². The van der Waals surface area contributed by atoms with Crippen molar-refractivity contribution in [1.82, 2.24) is 20.5 Å². The molecule has 0 radical (unpaired) electrons. The lowest BCUT2D eigenvalue weighted by Crippen LogP contribution is -2.51. The molecule has 3 heterocycles. The van der Waals surface area contributed by atoms with Crippen LogP contribution in [-0.2, 0) is 9.59 Å². The van der Waals surface area contributed by atoms with Crippen LogP contribution in [0.4, 0.5) is 10.6 Å². The monoisotopic (exact) mass is 345 g/mol. The average molecular weight is 345 g/mol. The van der Waals surface area contributed by atoms with Crippen molar-refractivity contribution in [2.24, 2.45) is 0 Å². The van der Waals surface area contributed by atoms with Crippen molar-refractivity contribution in [2.75, 3.05) is 24.5 Å². The number of nitrogens with one attached hydrogen (secondary N) is 2. The van der Waals surface area contributed by atoms with Crippen molar-refractivity contribution in [3.05, 3.63) is 24.4 Å². The molecule has 4 amide bonds. The van der Waals surface area contributed by atoms with Crippen LogP contribution in [0.15, 0.2) is 24.4 Å². The number of hydrogen-bond acceptors (Lipinski definition) is 5.